The van der Waals surface area contributed by atoms with Crippen LogP contribution in [0.2, 0.25) is 0 Å². The van der Waals surface area contributed by atoms with Crippen LogP contribution in [0.15, 0.2) is 59.0 Å². The van der Waals surface area contributed by atoms with Gasteiger partial charge in [-0.25, -0.2) is 8.42 Å². The summed E-state index contributed by atoms with van der Waals surface area (Å²) < 4.78 is 33.8. The van der Waals surface area contributed by atoms with Crippen LogP contribution in [0.1, 0.15) is 11.5 Å². The van der Waals surface area contributed by atoms with Crippen molar-refractivity contribution in [1.82, 2.24) is 0 Å². The van der Waals surface area contributed by atoms with Gasteiger partial charge in [0.1, 0.15) is 17.3 Å². The number of hydrogen-bond donors (Lipinski definition) is 2. The maximum atomic E-state index is 11.5. The third kappa shape index (κ3) is 5.58. The molecule has 3 rings (SSSR count). The molecular formula is C21H21NO5S2. The molecule has 1 heterocycles. The van der Waals surface area contributed by atoms with E-state index in [4.69, 9.17) is 21.4 Å². The lowest BCUT2D eigenvalue weighted by Gasteiger charge is -2.10. The molecule has 2 N–H and O–H groups in total. The Morgan fingerprint density at radius 2 is 1.66 bits per heavy atom. The quantitative estimate of drug-likeness (QED) is 0.531. The molecule has 3 aromatic rings. The van der Waals surface area contributed by atoms with Gasteiger partial charge in [0.05, 0.1) is 18.2 Å². The summed E-state index contributed by atoms with van der Waals surface area (Å²) in [6, 6.07) is 16.9. The average Bonchev–Trinajstić information content (AvgIpc) is 2.69. The van der Waals surface area contributed by atoms with Crippen LogP contribution < -0.4 is 10.1 Å². The van der Waals surface area contributed by atoms with Gasteiger partial charge in [0.25, 0.3) is 0 Å². The fourth-order valence-corrected chi connectivity index (χ4v) is 3.69. The normalized spacial score (nSPS) is 11.2. The van der Waals surface area contributed by atoms with Gasteiger partial charge in [-0.1, -0.05) is 36.5 Å². The number of sulfone groups is 1. The summed E-state index contributed by atoms with van der Waals surface area (Å²) in [4.78, 5) is 0. The molecule has 29 heavy (non-hydrogen) atoms. The van der Waals surface area contributed by atoms with Crippen molar-refractivity contribution >= 4 is 27.7 Å². The van der Waals surface area contributed by atoms with Crippen LogP contribution in [-0.4, -0.2) is 26.9 Å². The Labute approximate surface area is 174 Å². The zero-order valence-electron chi connectivity index (χ0n) is 16.0. The number of methoxy groups -OCH3 is 1. The largest absolute Gasteiger partial charge is 0.503 e. The molecular weight excluding hydrogens is 410 g/mol. The van der Waals surface area contributed by atoms with Crippen LogP contribution in [0.25, 0.3) is 11.1 Å². The van der Waals surface area contributed by atoms with Gasteiger partial charge >= 0.3 is 0 Å². The van der Waals surface area contributed by atoms with Crippen LogP contribution in [0.5, 0.6) is 11.5 Å². The van der Waals surface area contributed by atoms with E-state index in [1.165, 1.54) is 6.07 Å². The summed E-state index contributed by atoms with van der Waals surface area (Å²) in [6.45, 7) is 0.162. The Hall–Kier alpha value is -2.84. The van der Waals surface area contributed by atoms with E-state index in [9.17, 15) is 13.5 Å². The van der Waals surface area contributed by atoms with E-state index in [-0.39, 0.29) is 34.1 Å². The van der Waals surface area contributed by atoms with Gasteiger partial charge in [-0.15, -0.1) is 0 Å². The van der Waals surface area contributed by atoms with Crippen molar-refractivity contribution in [2.24, 2.45) is 0 Å². The average molecular weight is 432 g/mol. The van der Waals surface area contributed by atoms with E-state index in [2.05, 4.69) is 5.32 Å². The molecule has 0 aliphatic carbocycles. The summed E-state index contributed by atoms with van der Waals surface area (Å²) >= 11 is 5.10. The van der Waals surface area contributed by atoms with Gasteiger partial charge in [0, 0.05) is 11.9 Å². The van der Waals surface area contributed by atoms with Crippen LogP contribution in [-0.2, 0) is 22.1 Å². The predicted molar refractivity (Wildman–Crippen MR) is 116 cm³/mol. The van der Waals surface area contributed by atoms with E-state index in [0.717, 1.165) is 28.8 Å². The standard InChI is InChI=1S/C21H21NO5S2/c1-26-17-9-5-15(6-10-17)14-3-7-16(8-4-14)22-12-19-21(23)20(28)11-18(27-19)13-29(2,24)25/h3-11,22-23H,12-13H2,1-2H3. The first kappa shape index (κ1) is 20.9. The highest BCUT2D eigenvalue weighted by molar-refractivity contribution is 7.89. The fraction of sp³-hybridized carbons (Fsp3) is 0.190. The lowest BCUT2D eigenvalue weighted by atomic mass is 10.1. The van der Waals surface area contributed by atoms with Crippen LogP contribution in [0, 0.1) is 4.51 Å². The van der Waals surface area contributed by atoms with Crippen molar-refractivity contribution in [1.29, 1.82) is 0 Å². The number of benzene rings is 2. The van der Waals surface area contributed by atoms with Crippen LogP contribution in [0.4, 0.5) is 5.69 Å². The number of anilines is 1. The van der Waals surface area contributed by atoms with E-state index < -0.39 is 9.84 Å². The SMILES string of the molecule is COc1ccc(-c2ccc(NCc3oc(CS(C)(=O)=O)cc(=S)c3O)cc2)cc1. The summed E-state index contributed by atoms with van der Waals surface area (Å²) in [5.41, 5.74) is 2.93. The zero-order valence-corrected chi connectivity index (χ0v) is 17.6. The van der Waals surface area contributed by atoms with Crippen LogP contribution >= 0.6 is 12.2 Å². The molecule has 0 bridgehead atoms. The monoisotopic (exact) mass is 431 g/mol. The fourth-order valence-electron chi connectivity index (χ4n) is 2.78. The first-order valence-electron chi connectivity index (χ1n) is 8.76. The first-order chi connectivity index (χ1) is 13.7. The Kier molecular flexibility index (Phi) is 6.24. The Morgan fingerprint density at radius 3 is 2.21 bits per heavy atom. The summed E-state index contributed by atoms with van der Waals surface area (Å²) in [5.74, 6) is 0.743. The molecule has 0 unspecified atom stereocenters. The summed E-state index contributed by atoms with van der Waals surface area (Å²) in [7, 11) is -1.65. The van der Waals surface area contributed by atoms with Gasteiger partial charge < -0.3 is 19.6 Å². The molecule has 6 nitrogen and oxygen atoms in total. The topological polar surface area (TPSA) is 88.8 Å². The number of rotatable bonds is 7. The van der Waals surface area contributed by atoms with Gasteiger partial charge in [-0.05, 0) is 41.5 Å². The van der Waals surface area contributed by atoms with Crippen molar-refractivity contribution in [2.75, 3.05) is 18.7 Å². The van der Waals surface area contributed by atoms with Crippen molar-refractivity contribution < 1.29 is 22.7 Å². The smallest absolute Gasteiger partial charge is 0.174 e. The highest BCUT2D eigenvalue weighted by atomic mass is 32.2. The van der Waals surface area contributed by atoms with Gasteiger partial charge in [-0.2, -0.15) is 0 Å². The summed E-state index contributed by atoms with van der Waals surface area (Å²) in [5, 5.41) is 13.3. The first-order valence-corrected chi connectivity index (χ1v) is 11.2. The minimum Gasteiger partial charge on any atom is -0.503 e. The van der Waals surface area contributed by atoms with E-state index in [0.29, 0.717) is 0 Å². The van der Waals surface area contributed by atoms with E-state index >= 15 is 0 Å². The maximum absolute atomic E-state index is 11.5. The minimum absolute atomic E-state index is 0.154. The van der Waals surface area contributed by atoms with Gasteiger partial charge in [-0.3, -0.25) is 0 Å². The number of aromatic hydroxyl groups is 1. The maximum Gasteiger partial charge on any atom is 0.174 e. The molecule has 0 saturated heterocycles. The summed E-state index contributed by atoms with van der Waals surface area (Å²) in [6.07, 6.45) is 1.11. The molecule has 0 fully saturated rings. The minimum atomic E-state index is -3.28. The highest BCUT2D eigenvalue weighted by Gasteiger charge is 2.13. The molecule has 0 saturated carbocycles. The Bertz CT molecular complexity index is 1150. The third-order valence-corrected chi connectivity index (χ3v) is 5.33. The van der Waals surface area contributed by atoms with Gasteiger partial charge in [0.15, 0.2) is 21.3 Å². The zero-order chi connectivity index (χ0) is 21.0. The molecule has 0 aliphatic heterocycles. The Morgan fingerprint density at radius 1 is 1.07 bits per heavy atom. The van der Waals surface area contributed by atoms with Crippen molar-refractivity contribution in [3.05, 3.63) is 70.6 Å². The molecule has 0 atom stereocenters. The van der Waals surface area contributed by atoms with Crippen molar-refractivity contribution in [2.45, 2.75) is 12.3 Å². The molecule has 8 heteroatoms. The van der Waals surface area contributed by atoms with Crippen LogP contribution in [0.3, 0.4) is 0 Å². The van der Waals surface area contributed by atoms with Crippen molar-refractivity contribution in [3.8, 4) is 22.6 Å². The second kappa shape index (κ2) is 8.67. The molecule has 1 aromatic heterocycles. The second-order valence-electron chi connectivity index (χ2n) is 6.58. The number of ether oxygens (including phenoxy) is 1. The lowest BCUT2D eigenvalue weighted by molar-refractivity contribution is 0.392. The molecule has 0 spiro atoms. The second-order valence-corrected chi connectivity index (χ2v) is 9.16. The highest BCUT2D eigenvalue weighted by Crippen LogP contribution is 2.26. The van der Waals surface area contributed by atoms with Gasteiger partial charge in [0.2, 0.25) is 0 Å². The molecule has 0 amide bonds. The molecule has 0 aliphatic rings. The molecule has 152 valence electrons. The van der Waals surface area contributed by atoms with E-state index in [1.807, 2.05) is 48.5 Å². The lowest BCUT2D eigenvalue weighted by Crippen LogP contribution is -2.04. The number of nitrogens with one attached hydrogen (secondary N) is 1. The Balaban J connectivity index is 1.73. The molecule has 0 radical (unpaired) electrons. The predicted octanol–water partition coefficient (Wildman–Crippen LogP) is 4.55. The molecule has 2 aromatic carbocycles. The van der Waals surface area contributed by atoms with Crippen molar-refractivity contribution in [3.63, 3.8) is 0 Å². The third-order valence-electron chi connectivity index (χ3n) is 4.21. The van der Waals surface area contributed by atoms with E-state index in [1.54, 1.807) is 7.11 Å². The number of hydrogen-bond acceptors (Lipinski definition) is 7.